The Morgan fingerprint density at radius 2 is 1.89 bits per heavy atom. The van der Waals surface area contributed by atoms with Crippen molar-refractivity contribution in [2.75, 3.05) is 16.8 Å². The van der Waals surface area contributed by atoms with E-state index in [1.165, 1.54) is 11.0 Å². The lowest BCUT2D eigenvalue weighted by Crippen LogP contribution is -2.44. The zero-order valence-electron chi connectivity index (χ0n) is 19.9. The number of hydrogen-bond donors (Lipinski definition) is 1. The molecule has 180 valence electrons. The van der Waals surface area contributed by atoms with E-state index in [0.717, 1.165) is 12.0 Å². The van der Waals surface area contributed by atoms with Crippen LogP contribution in [0.15, 0.2) is 71.7 Å². The summed E-state index contributed by atoms with van der Waals surface area (Å²) in [5, 5.41) is 3.21. The summed E-state index contributed by atoms with van der Waals surface area (Å²) in [6.07, 6.45) is 0.738. The van der Waals surface area contributed by atoms with E-state index in [9.17, 15) is 14.0 Å². The molecule has 0 spiro atoms. The van der Waals surface area contributed by atoms with Crippen molar-refractivity contribution in [3.05, 3.63) is 94.3 Å². The number of benzene rings is 3. The minimum atomic E-state index is -0.675. The quantitative estimate of drug-likeness (QED) is 0.458. The Morgan fingerprint density at radius 3 is 2.57 bits per heavy atom. The number of aliphatic imine (C=N–C) groups is 1. The van der Waals surface area contributed by atoms with E-state index in [0.29, 0.717) is 33.2 Å². The largest absolute Gasteiger partial charge is 0.324 e. The molecule has 1 N–H and O–H groups in total. The molecule has 3 aromatic carbocycles. The Balaban J connectivity index is 1.76. The molecule has 0 radical (unpaired) electrons. The van der Waals surface area contributed by atoms with Gasteiger partial charge in [-0.3, -0.25) is 14.6 Å². The van der Waals surface area contributed by atoms with Crippen molar-refractivity contribution in [1.82, 2.24) is 0 Å². The number of rotatable bonds is 6. The average Bonchev–Trinajstić information content (AvgIpc) is 2.96. The number of hydrogen-bond acceptors (Lipinski definition) is 3. The Bertz CT molecular complexity index is 1290. The second-order valence-electron chi connectivity index (χ2n) is 8.77. The first kappa shape index (κ1) is 24.6. The van der Waals surface area contributed by atoms with Gasteiger partial charge in [0, 0.05) is 21.8 Å². The molecule has 0 saturated carbocycles. The van der Waals surface area contributed by atoms with E-state index in [1.807, 2.05) is 44.2 Å². The second-order valence-corrected chi connectivity index (χ2v) is 9.21. The normalized spacial score (nSPS) is 16.3. The predicted molar refractivity (Wildman–Crippen MR) is 139 cm³/mol. The van der Waals surface area contributed by atoms with Crippen molar-refractivity contribution in [2.24, 2.45) is 10.9 Å². The third-order valence-electron chi connectivity index (χ3n) is 6.28. The van der Waals surface area contributed by atoms with Crippen LogP contribution in [0.5, 0.6) is 0 Å². The third-order valence-corrected chi connectivity index (χ3v) is 6.51. The first-order valence-corrected chi connectivity index (χ1v) is 12.0. The molecule has 5 nitrogen and oxygen atoms in total. The monoisotopic (exact) mass is 491 g/mol. The highest BCUT2D eigenvalue weighted by molar-refractivity contribution is 6.32. The maximum absolute atomic E-state index is 14.0. The van der Waals surface area contributed by atoms with Gasteiger partial charge in [-0.05, 0) is 48.7 Å². The lowest BCUT2D eigenvalue weighted by molar-refractivity contribution is -0.123. The maximum Gasteiger partial charge on any atom is 0.252 e. The lowest BCUT2D eigenvalue weighted by atomic mass is 9.98. The predicted octanol–water partition coefficient (Wildman–Crippen LogP) is 6.02. The number of benzodiazepines with no additional fused rings is 1. The summed E-state index contributed by atoms with van der Waals surface area (Å²) in [4.78, 5) is 33.2. The molecule has 1 aliphatic rings. The van der Waals surface area contributed by atoms with Crippen molar-refractivity contribution in [1.29, 1.82) is 0 Å². The van der Waals surface area contributed by atoms with Gasteiger partial charge in [-0.2, -0.15) is 0 Å². The minimum Gasteiger partial charge on any atom is -0.324 e. The van der Waals surface area contributed by atoms with E-state index in [1.54, 1.807) is 37.3 Å². The van der Waals surface area contributed by atoms with Gasteiger partial charge in [0.1, 0.15) is 18.4 Å². The minimum absolute atomic E-state index is 0.0530. The van der Waals surface area contributed by atoms with Crippen LogP contribution in [0.4, 0.5) is 15.8 Å². The van der Waals surface area contributed by atoms with Crippen LogP contribution in [0.3, 0.4) is 0 Å². The van der Waals surface area contributed by atoms with Crippen molar-refractivity contribution in [2.45, 2.75) is 33.2 Å². The molecule has 1 heterocycles. The summed E-state index contributed by atoms with van der Waals surface area (Å²) in [5.41, 5.74) is 3.56. The molecular weight excluding hydrogens is 465 g/mol. The molecule has 7 heteroatoms. The summed E-state index contributed by atoms with van der Waals surface area (Å²) >= 11 is 6.36. The summed E-state index contributed by atoms with van der Waals surface area (Å²) in [6, 6.07) is 18.7. The summed E-state index contributed by atoms with van der Waals surface area (Å²) in [6.45, 7) is 5.39. The van der Waals surface area contributed by atoms with Crippen LogP contribution >= 0.6 is 11.6 Å². The van der Waals surface area contributed by atoms with Crippen LogP contribution in [-0.4, -0.2) is 30.1 Å². The summed E-state index contributed by atoms with van der Waals surface area (Å²) in [7, 11) is 0. The Morgan fingerprint density at radius 1 is 1.14 bits per heavy atom. The van der Waals surface area contributed by atoms with E-state index >= 15 is 0 Å². The first-order chi connectivity index (χ1) is 16.8. The van der Waals surface area contributed by atoms with Crippen molar-refractivity contribution in [3.8, 4) is 0 Å². The number of nitrogens with one attached hydrogen (secondary N) is 1. The molecule has 0 aromatic heterocycles. The number of carbonyl (C=O) groups excluding carboxylic acids is 2. The molecule has 1 aliphatic heterocycles. The molecule has 0 saturated heterocycles. The Labute approximate surface area is 209 Å². The van der Waals surface area contributed by atoms with Crippen LogP contribution in [0, 0.1) is 18.7 Å². The first-order valence-electron chi connectivity index (χ1n) is 11.6. The molecule has 2 amide bonds. The Kier molecular flexibility index (Phi) is 7.31. The van der Waals surface area contributed by atoms with Crippen molar-refractivity contribution >= 4 is 40.5 Å². The molecule has 35 heavy (non-hydrogen) atoms. The van der Waals surface area contributed by atoms with E-state index < -0.39 is 17.8 Å². The van der Waals surface area contributed by atoms with E-state index in [2.05, 4.69) is 5.32 Å². The number of anilines is 2. The molecule has 4 rings (SSSR count). The fourth-order valence-corrected chi connectivity index (χ4v) is 4.25. The number of amides is 2. The standard InChI is InChI=1S/C28H27ClFN3O2/c1-4-17(2)26-28(35)33(16-25(34)31-21-12-10-18(3)23(30)15-21)24-13-11-20(29)14-22(24)27(32-26)19-8-6-5-7-9-19/h5-15,17,26H,4,16H2,1-3H3,(H,31,34)/t17-,26+/m0/s1. The highest BCUT2D eigenvalue weighted by atomic mass is 35.5. The third kappa shape index (κ3) is 5.28. The fourth-order valence-electron chi connectivity index (χ4n) is 4.07. The van der Waals surface area contributed by atoms with Gasteiger partial charge in [0.25, 0.3) is 5.91 Å². The second kappa shape index (κ2) is 10.4. The fraction of sp³-hybridized carbons (Fsp3) is 0.250. The number of halogens is 2. The van der Waals surface area contributed by atoms with Crippen LogP contribution < -0.4 is 10.2 Å². The summed E-state index contributed by atoms with van der Waals surface area (Å²) in [5.74, 6) is -1.17. The number of fused-ring (bicyclic) bond motifs is 1. The van der Waals surface area contributed by atoms with Crippen LogP contribution in [-0.2, 0) is 9.59 Å². The number of carbonyl (C=O) groups is 2. The van der Waals surface area contributed by atoms with Gasteiger partial charge in [-0.15, -0.1) is 0 Å². The van der Waals surface area contributed by atoms with Crippen LogP contribution in [0.25, 0.3) is 0 Å². The molecule has 0 aliphatic carbocycles. The smallest absolute Gasteiger partial charge is 0.252 e. The number of nitrogens with zero attached hydrogens (tertiary/aromatic N) is 2. The molecule has 0 bridgehead atoms. The van der Waals surface area contributed by atoms with Crippen molar-refractivity contribution < 1.29 is 14.0 Å². The summed E-state index contributed by atoms with van der Waals surface area (Å²) < 4.78 is 14.0. The van der Waals surface area contributed by atoms with Gasteiger partial charge in [0.15, 0.2) is 0 Å². The van der Waals surface area contributed by atoms with Gasteiger partial charge >= 0.3 is 0 Å². The van der Waals surface area contributed by atoms with Gasteiger partial charge in [-0.1, -0.05) is 68.3 Å². The zero-order valence-corrected chi connectivity index (χ0v) is 20.6. The van der Waals surface area contributed by atoms with Gasteiger partial charge in [-0.25, -0.2) is 4.39 Å². The zero-order chi connectivity index (χ0) is 25.1. The maximum atomic E-state index is 14.0. The highest BCUT2D eigenvalue weighted by Crippen LogP contribution is 2.33. The van der Waals surface area contributed by atoms with Crippen molar-refractivity contribution in [3.63, 3.8) is 0 Å². The highest BCUT2D eigenvalue weighted by Gasteiger charge is 2.35. The molecule has 3 aromatic rings. The number of aryl methyl sites for hydroxylation is 1. The molecule has 2 atom stereocenters. The molecule has 0 unspecified atom stereocenters. The average molecular weight is 492 g/mol. The van der Waals surface area contributed by atoms with Gasteiger partial charge in [0.05, 0.1) is 11.4 Å². The molecular formula is C28H27ClFN3O2. The van der Waals surface area contributed by atoms with Crippen LogP contribution in [0.1, 0.15) is 37.0 Å². The lowest BCUT2D eigenvalue weighted by Gasteiger charge is -2.26. The SMILES string of the molecule is CC[C@H](C)[C@H]1N=C(c2ccccc2)c2cc(Cl)ccc2N(CC(=O)Nc2ccc(C)c(F)c2)C1=O. The van der Waals surface area contributed by atoms with E-state index in [-0.39, 0.29) is 18.4 Å². The van der Waals surface area contributed by atoms with Gasteiger partial charge < -0.3 is 10.2 Å². The topological polar surface area (TPSA) is 61.8 Å². The van der Waals surface area contributed by atoms with Gasteiger partial charge in [0.2, 0.25) is 5.91 Å². The van der Waals surface area contributed by atoms with E-state index in [4.69, 9.17) is 16.6 Å². The molecule has 0 fully saturated rings. The Hall–Kier alpha value is -3.51. The van der Waals surface area contributed by atoms with Crippen LogP contribution in [0.2, 0.25) is 5.02 Å².